The second-order valence-electron chi connectivity index (χ2n) is 16.5. The lowest BCUT2D eigenvalue weighted by Crippen LogP contribution is -2.36. The summed E-state index contributed by atoms with van der Waals surface area (Å²) in [6.07, 6.45) is 17.4. The number of aromatic nitrogens is 6. The van der Waals surface area contributed by atoms with E-state index in [9.17, 15) is 19.2 Å². The Morgan fingerprint density at radius 2 is 1.23 bits per heavy atom. The van der Waals surface area contributed by atoms with E-state index in [2.05, 4.69) is 83.7 Å². The van der Waals surface area contributed by atoms with Crippen molar-refractivity contribution in [3.8, 4) is 24.2 Å². The third kappa shape index (κ3) is 16.2. The number of fused-ring (bicyclic) bond motifs is 4. The van der Waals surface area contributed by atoms with Gasteiger partial charge < -0.3 is 16.2 Å². The fraction of sp³-hybridized carbons (Fsp3) is 0.309. The zero-order valence-electron chi connectivity index (χ0n) is 38.5. The molecule has 1 saturated heterocycles. The van der Waals surface area contributed by atoms with E-state index in [1.165, 1.54) is 6.07 Å². The number of benzene rings is 3. The summed E-state index contributed by atoms with van der Waals surface area (Å²) in [6.45, 7) is 6.22. The molecular weight excluding hydrogens is 1050 g/mol. The number of terminal acetylenes is 1. The number of nitrogen functional groups attached to an aromatic ring is 1. The maximum atomic E-state index is 12.8. The summed E-state index contributed by atoms with van der Waals surface area (Å²) in [5.41, 5.74) is 9.76. The van der Waals surface area contributed by atoms with E-state index in [-0.39, 0.29) is 67.6 Å². The summed E-state index contributed by atoms with van der Waals surface area (Å²) in [5, 5.41) is 12.8. The molecule has 0 radical (unpaired) electrons. The fourth-order valence-corrected chi connectivity index (χ4v) is 8.64. The topological polar surface area (TPSA) is 188 Å². The minimum Gasteiger partial charge on any atom is -0.478 e. The third-order valence-corrected chi connectivity index (χ3v) is 12.3. The van der Waals surface area contributed by atoms with Crippen LogP contribution < -0.4 is 22.2 Å². The van der Waals surface area contributed by atoms with Crippen molar-refractivity contribution in [3.05, 3.63) is 167 Å². The van der Waals surface area contributed by atoms with Gasteiger partial charge in [-0.25, -0.2) is 24.7 Å². The van der Waals surface area contributed by atoms with Crippen LogP contribution >= 0.6 is 44.3 Å². The van der Waals surface area contributed by atoms with Crippen LogP contribution in [0.4, 0.5) is 5.69 Å². The zero-order chi connectivity index (χ0) is 48.7. The van der Waals surface area contributed by atoms with E-state index in [4.69, 9.17) is 22.2 Å². The first kappa shape index (κ1) is 58.7. The van der Waals surface area contributed by atoms with Crippen LogP contribution in [-0.4, -0.2) is 52.1 Å². The molecule has 7 heterocycles. The molecule has 0 aliphatic carbocycles. The van der Waals surface area contributed by atoms with Gasteiger partial charge in [-0.2, -0.15) is 0 Å². The van der Waals surface area contributed by atoms with E-state index in [1.54, 1.807) is 30.6 Å². The molecule has 10 rings (SSSR count). The highest BCUT2D eigenvalue weighted by Gasteiger charge is 2.21. The maximum Gasteiger partial charge on any atom is 0.337 e. The minimum atomic E-state index is -1.00. The van der Waals surface area contributed by atoms with E-state index in [0.29, 0.717) is 22.5 Å². The van der Waals surface area contributed by atoms with Gasteiger partial charge in [0.25, 0.3) is 11.1 Å². The van der Waals surface area contributed by atoms with Crippen LogP contribution in [0.25, 0.3) is 21.8 Å². The summed E-state index contributed by atoms with van der Waals surface area (Å²) >= 11 is 6.59. The summed E-state index contributed by atoms with van der Waals surface area (Å²) in [6, 6.07) is 28.0. The van der Waals surface area contributed by atoms with Gasteiger partial charge in [0.2, 0.25) is 5.91 Å². The molecule has 7 aromatic rings. The van der Waals surface area contributed by atoms with Gasteiger partial charge in [-0.05, 0) is 144 Å². The highest BCUT2D eigenvalue weighted by atomic mass is 79.9. The van der Waals surface area contributed by atoms with Gasteiger partial charge in [-0.3, -0.25) is 23.5 Å². The Kier molecular flexibility index (Phi) is 23.4. The number of carboxylic acid groups (broad SMARTS) is 1. The van der Waals surface area contributed by atoms with Gasteiger partial charge in [0, 0.05) is 70.0 Å². The number of carbonyl (C=O) groups is 2. The molecule has 13 nitrogen and oxygen atoms in total. The first-order valence-electron chi connectivity index (χ1n) is 22.4. The smallest absolute Gasteiger partial charge is 0.337 e. The molecule has 3 atom stereocenters. The molecule has 71 heavy (non-hydrogen) atoms. The van der Waals surface area contributed by atoms with Crippen LogP contribution in [0.3, 0.4) is 0 Å². The number of hydrogen-bond donors (Lipinski definition) is 3. The van der Waals surface area contributed by atoms with E-state index < -0.39 is 5.97 Å². The highest BCUT2D eigenvalue weighted by molar-refractivity contribution is 9.10. The van der Waals surface area contributed by atoms with Crippen LogP contribution in [0.15, 0.2) is 122 Å². The van der Waals surface area contributed by atoms with Gasteiger partial charge in [0.05, 0.1) is 27.4 Å². The fourth-order valence-electron chi connectivity index (χ4n) is 7.91. The SMILES string of the molecule is C.C.C#Cc1ccccn1.CC1CCCC(=O)N1.CC1CCCc2nc3cc(Br)ccc3c(=O)n21.CC1CCCc2nc3cc(C#Cc4ccccn4)ccc3c(=O)n21.Cl.Nc1cc(Br)ccc1C(=O)O. The molecule has 0 bridgehead atoms. The van der Waals surface area contributed by atoms with Gasteiger partial charge in [0.1, 0.15) is 23.0 Å². The lowest BCUT2D eigenvalue weighted by Gasteiger charge is -2.24. The van der Waals surface area contributed by atoms with Crippen LogP contribution in [0.1, 0.15) is 132 Å². The monoisotopic (exact) mass is 1110 g/mol. The largest absolute Gasteiger partial charge is 0.478 e. The molecule has 3 unspecified atom stereocenters. The number of anilines is 1. The van der Waals surface area contributed by atoms with Crippen molar-refractivity contribution < 1.29 is 14.7 Å². The first-order valence-corrected chi connectivity index (χ1v) is 23.9. The number of piperidine rings is 1. The first-order chi connectivity index (χ1) is 32.7. The molecule has 0 saturated carbocycles. The highest BCUT2D eigenvalue weighted by Crippen LogP contribution is 2.25. The van der Waals surface area contributed by atoms with Crippen molar-refractivity contribution in [3.63, 3.8) is 0 Å². The number of nitrogens with two attached hydrogens (primary N) is 1. The molecule has 3 aliphatic heterocycles. The number of pyridine rings is 2. The lowest BCUT2D eigenvalue weighted by atomic mass is 10.0. The lowest BCUT2D eigenvalue weighted by molar-refractivity contribution is -0.123. The predicted molar refractivity (Wildman–Crippen MR) is 295 cm³/mol. The average Bonchev–Trinajstić information content (AvgIpc) is 3.32. The number of carboxylic acids is 1. The Bertz CT molecular complexity index is 3150. The number of nitrogens with zero attached hydrogens (tertiary/aromatic N) is 6. The Labute approximate surface area is 438 Å². The van der Waals surface area contributed by atoms with Crippen LogP contribution in [0, 0.1) is 24.2 Å². The third-order valence-electron chi connectivity index (χ3n) is 11.3. The minimum absolute atomic E-state index is 0. The Hall–Kier alpha value is -6.65. The van der Waals surface area contributed by atoms with Crippen molar-refractivity contribution in [2.45, 2.75) is 112 Å². The molecule has 1 fully saturated rings. The van der Waals surface area contributed by atoms with Gasteiger partial charge >= 0.3 is 5.97 Å². The van der Waals surface area contributed by atoms with Crippen LogP contribution in [-0.2, 0) is 17.6 Å². The number of carbonyl (C=O) groups excluding carboxylic acids is 1. The Balaban J connectivity index is 0.000000249. The summed E-state index contributed by atoms with van der Waals surface area (Å²) in [5.74, 6) is 9.58. The molecular formula is C55H61Br2ClN8O5. The molecule has 1 amide bonds. The molecule has 3 aliphatic rings. The maximum absolute atomic E-state index is 12.8. The number of amides is 1. The van der Waals surface area contributed by atoms with Crippen molar-refractivity contribution in [2.75, 3.05) is 5.73 Å². The molecule has 372 valence electrons. The van der Waals surface area contributed by atoms with Gasteiger partial charge in [-0.1, -0.05) is 70.7 Å². The quantitative estimate of drug-likeness (QED) is 0.105. The van der Waals surface area contributed by atoms with E-state index in [0.717, 1.165) is 101 Å². The second kappa shape index (κ2) is 28.3. The normalized spacial score (nSPS) is 15.8. The van der Waals surface area contributed by atoms with Crippen molar-refractivity contribution in [2.24, 2.45) is 0 Å². The molecule has 4 N–H and O–H groups in total. The molecule has 3 aromatic carbocycles. The zero-order valence-corrected chi connectivity index (χ0v) is 42.5. The van der Waals surface area contributed by atoms with Crippen molar-refractivity contribution in [1.82, 2.24) is 34.4 Å². The Morgan fingerprint density at radius 3 is 1.70 bits per heavy atom. The van der Waals surface area contributed by atoms with Crippen molar-refractivity contribution in [1.29, 1.82) is 0 Å². The number of hydrogen-bond acceptors (Lipinski definition) is 9. The van der Waals surface area contributed by atoms with E-state index in [1.807, 2.05) is 82.8 Å². The average molecular weight is 1110 g/mol. The van der Waals surface area contributed by atoms with E-state index >= 15 is 0 Å². The van der Waals surface area contributed by atoms with Crippen LogP contribution in [0.5, 0.6) is 0 Å². The standard InChI is InChI=1S/C20H17N3O.C13H13BrN2O.C7H6BrNO2.C7H5N.C6H11NO.2CH4.ClH/c1-14-5-4-7-19-22-18-13-15(8-10-16-6-2-3-12-21-16)9-11-17(18)20(24)23(14)19;1-8-3-2-4-12-15-11-7-9(14)5-6-10(11)13(17)16(8)12;8-4-1-2-5(7(10)11)6(9)3-4;1-2-7-5-3-4-6-8-7;1-5-3-2-4-6(8)7-5;;;/h2-3,6,9,11-14H,4-5,7H2,1H3;5-8H,2-4H2,1H3;1-3H,9H2,(H,10,11);1,3-6H;5H,2-4H2,1H3,(H,7,8);2*1H4;1H. The number of halogens is 3. The molecule has 16 heteroatoms. The number of nitrogens with one attached hydrogen (secondary N) is 1. The van der Waals surface area contributed by atoms with Gasteiger partial charge in [0.15, 0.2) is 0 Å². The number of rotatable bonds is 1. The van der Waals surface area contributed by atoms with Crippen LogP contribution in [0.2, 0.25) is 0 Å². The van der Waals surface area contributed by atoms with Gasteiger partial charge in [-0.15, -0.1) is 18.8 Å². The Morgan fingerprint density at radius 1 is 0.704 bits per heavy atom. The number of aromatic carboxylic acids is 1. The number of aryl methyl sites for hydroxylation is 2. The van der Waals surface area contributed by atoms with Crippen molar-refractivity contribution >= 4 is 83.6 Å². The summed E-state index contributed by atoms with van der Waals surface area (Å²) in [4.78, 5) is 63.6. The molecule has 4 aromatic heterocycles. The molecule has 0 spiro atoms. The second-order valence-corrected chi connectivity index (χ2v) is 18.3. The predicted octanol–water partition coefficient (Wildman–Crippen LogP) is 11.3. The summed E-state index contributed by atoms with van der Waals surface area (Å²) in [7, 11) is 0. The summed E-state index contributed by atoms with van der Waals surface area (Å²) < 4.78 is 5.45.